The largest absolute Gasteiger partial charge is 0.508 e. The molecule has 2 heterocycles. The maximum atomic E-state index is 9.71. The minimum atomic E-state index is 0.267. The van der Waals surface area contributed by atoms with Crippen molar-refractivity contribution in [3.05, 3.63) is 83.8 Å². The first-order valence-corrected chi connectivity index (χ1v) is 7.88. The van der Waals surface area contributed by atoms with Crippen LogP contribution in [-0.2, 0) is 6.42 Å². The lowest BCUT2D eigenvalue weighted by Gasteiger charge is -2.10. The standard InChI is InChI=1S/C20H17N3O/c1-14-5-2-7-16(11-14)23-19(13-15-6-3-8-17(24)12-15)22-18-9-4-10-21-20(18)23/h2-12,24H,13H2,1H3. The third-order valence-corrected chi connectivity index (χ3v) is 4.02. The molecule has 0 radical (unpaired) electrons. The number of phenols is 1. The third kappa shape index (κ3) is 2.63. The molecule has 0 atom stereocenters. The second-order valence-corrected chi connectivity index (χ2v) is 5.90. The molecule has 0 bridgehead atoms. The highest BCUT2D eigenvalue weighted by molar-refractivity contribution is 5.74. The highest BCUT2D eigenvalue weighted by Crippen LogP contribution is 2.23. The summed E-state index contributed by atoms with van der Waals surface area (Å²) in [5.74, 6) is 1.17. The van der Waals surface area contributed by atoms with Gasteiger partial charge in [-0.1, -0.05) is 24.3 Å². The Hall–Kier alpha value is -3.14. The zero-order valence-corrected chi connectivity index (χ0v) is 13.3. The van der Waals surface area contributed by atoms with Crippen molar-refractivity contribution in [2.24, 2.45) is 0 Å². The number of benzene rings is 2. The molecule has 0 spiro atoms. The number of hydrogen-bond acceptors (Lipinski definition) is 3. The van der Waals surface area contributed by atoms with Crippen LogP contribution in [0, 0.1) is 6.92 Å². The molecule has 0 unspecified atom stereocenters. The molecule has 0 aliphatic heterocycles. The molecule has 4 heteroatoms. The number of aryl methyl sites for hydroxylation is 1. The van der Waals surface area contributed by atoms with E-state index in [1.54, 1.807) is 18.3 Å². The minimum Gasteiger partial charge on any atom is -0.508 e. The summed E-state index contributed by atoms with van der Waals surface area (Å²) in [6.45, 7) is 2.07. The smallest absolute Gasteiger partial charge is 0.164 e. The monoisotopic (exact) mass is 315 g/mol. The second-order valence-electron chi connectivity index (χ2n) is 5.90. The molecule has 2 aromatic heterocycles. The van der Waals surface area contributed by atoms with Gasteiger partial charge in [-0.2, -0.15) is 0 Å². The van der Waals surface area contributed by atoms with Crippen LogP contribution in [0.2, 0.25) is 0 Å². The number of hydrogen-bond donors (Lipinski definition) is 1. The number of rotatable bonds is 3. The molecule has 0 aliphatic rings. The van der Waals surface area contributed by atoms with Gasteiger partial charge in [-0.15, -0.1) is 0 Å². The molecule has 4 aromatic rings. The Morgan fingerprint density at radius 3 is 2.71 bits per heavy atom. The van der Waals surface area contributed by atoms with Crippen LogP contribution in [0.5, 0.6) is 5.75 Å². The summed E-state index contributed by atoms with van der Waals surface area (Å²) in [6, 6.07) is 19.5. The molecule has 0 aliphatic carbocycles. The van der Waals surface area contributed by atoms with Crippen LogP contribution < -0.4 is 0 Å². The molecule has 24 heavy (non-hydrogen) atoms. The van der Waals surface area contributed by atoms with Gasteiger partial charge in [0, 0.05) is 18.3 Å². The van der Waals surface area contributed by atoms with E-state index in [1.165, 1.54) is 5.56 Å². The van der Waals surface area contributed by atoms with Gasteiger partial charge >= 0.3 is 0 Å². The van der Waals surface area contributed by atoms with Gasteiger partial charge in [0.2, 0.25) is 0 Å². The second kappa shape index (κ2) is 5.81. The number of imidazole rings is 1. The van der Waals surface area contributed by atoms with Crippen LogP contribution in [0.1, 0.15) is 17.0 Å². The van der Waals surface area contributed by atoms with Crippen LogP contribution in [0.25, 0.3) is 16.9 Å². The van der Waals surface area contributed by atoms with Crippen LogP contribution in [0.4, 0.5) is 0 Å². The first-order chi connectivity index (χ1) is 11.7. The summed E-state index contributed by atoms with van der Waals surface area (Å²) in [4.78, 5) is 9.28. The average Bonchev–Trinajstić information content (AvgIpc) is 2.92. The lowest BCUT2D eigenvalue weighted by Crippen LogP contribution is -2.03. The summed E-state index contributed by atoms with van der Waals surface area (Å²) < 4.78 is 2.09. The summed E-state index contributed by atoms with van der Waals surface area (Å²) in [5, 5.41) is 9.71. The third-order valence-electron chi connectivity index (χ3n) is 4.02. The molecular formula is C20H17N3O. The van der Waals surface area contributed by atoms with Gasteiger partial charge in [-0.25, -0.2) is 9.97 Å². The van der Waals surface area contributed by atoms with Crippen molar-refractivity contribution in [2.75, 3.05) is 0 Å². The van der Waals surface area contributed by atoms with E-state index in [0.717, 1.165) is 28.2 Å². The first-order valence-electron chi connectivity index (χ1n) is 7.88. The molecule has 118 valence electrons. The molecule has 2 aromatic carbocycles. The summed E-state index contributed by atoms with van der Waals surface area (Å²) in [7, 11) is 0. The van der Waals surface area contributed by atoms with Crippen molar-refractivity contribution >= 4 is 11.2 Å². The Balaban J connectivity index is 1.90. The number of fused-ring (bicyclic) bond motifs is 1. The van der Waals surface area contributed by atoms with E-state index in [9.17, 15) is 5.11 Å². The average molecular weight is 315 g/mol. The van der Waals surface area contributed by atoms with E-state index in [-0.39, 0.29) is 5.75 Å². The van der Waals surface area contributed by atoms with Gasteiger partial charge < -0.3 is 5.11 Å². The van der Waals surface area contributed by atoms with Crippen molar-refractivity contribution in [3.63, 3.8) is 0 Å². The van der Waals surface area contributed by atoms with Crippen molar-refractivity contribution in [2.45, 2.75) is 13.3 Å². The Morgan fingerprint density at radius 2 is 1.88 bits per heavy atom. The maximum Gasteiger partial charge on any atom is 0.164 e. The molecule has 1 N–H and O–H groups in total. The van der Waals surface area contributed by atoms with Crippen molar-refractivity contribution < 1.29 is 5.11 Å². The van der Waals surface area contributed by atoms with E-state index in [4.69, 9.17) is 4.98 Å². The highest BCUT2D eigenvalue weighted by Gasteiger charge is 2.14. The van der Waals surface area contributed by atoms with Gasteiger partial charge in [0.1, 0.15) is 17.1 Å². The van der Waals surface area contributed by atoms with E-state index in [1.807, 2.05) is 30.3 Å². The van der Waals surface area contributed by atoms with Crippen LogP contribution in [-0.4, -0.2) is 19.6 Å². The van der Waals surface area contributed by atoms with Gasteiger partial charge in [0.25, 0.3) is 0 Å². The van der Waals surface area contributed by atoms with Crippen molar-refractivity contribution in [1.82, 2.24) is 14.5 Å². The van der Waals surface area contributed by atoms with Crippen LogP contribution in [0.3, 0.4) is 0 Å². The molecule has 0 saturated carbocycles. The van der Waals surface area contributed by atoms with Crippen LogP contribution in [0.15, 0.2) is 66.9 Å². The van der Waals surface area contributed by atoms with E-state index in [0.29, 0.717) is 6.42 Å². The Kier molecular flexibility index (Phi) is 3.50. The van der Waals surface area contributed by atoms with Gasteiger partial charge in [0.15, 0.2) is 5.65 Å². The fraction of sp³-hybridized carbons (Fsp3) is 0.100. The van der Waals surface area contributed by atoms with E-state index < -0.39 is 0 Å². The zero-order valence-electron chi connectivity index (χ0n) is 13.3. The first kappa shape index (κ1) is 14.5. The predicted molar refractivity (Wildman–Crippen MR) is 94.5 cm³/mol. The molecule has 4 rings (SSSR count). The Labute approximate surface area is 140 Å². The molecule has 0 saturated heterocycles. The van der Waals surface area contributed by atoms with Crippen molar-refractivity contribution in [3.8, 4) is 11.4 Å². The van der Waals surface area contributed by atoms with Crippen molar-refractivity contribution in [1.29, 1.82) is 0 Å². The summed E-state index contributed by atoms with van der Waals surface area (Å²) in [5.41, 5.74) is 4.96. The molecular weight excluding hydrogens is 298 g/mol. The zero-order chi connectivity index (χ0) is 16.5. The lowest BCUT2D eigenvalue weighted by molar-refractivity contribution is 0.474. The van der Waals surface area contributed by atoms with Crippen LogP contribution >= 0.6 is 0 Å². The van der Waals surface area contributed by atoms with Gasteiger partial charge in [-0.3, -0.25) is 4.57 Å². The Bertz CT molecular complexity index is 1020. The summed E-state index contributed by atoms with van der Waals surface area (Å²) >= 11 is 0. The van der Waals surface area contributed by atoms with Gasteiger partial charge in [0.05, 0.1) is 0 Å². The van der Waals surface area contributed by atoms with Gasteiger partial charge in [-0.05, 0) is 54.4 Å². The van der Waals surface area contributed by atoms with E-state index >= 15 is 0 Å². The lowest BCUT2D eigenvalue weighted by atomic mass is 10.1. The quantitative estimate of drug-likeness (QED) is 0.621. The summed E-state index contributed by atoms with van der Waals surface area (Å²) in [6.07, 6.45) is 2.41. The fourth-order valence-electron chi connectivity index (χ4n) is 2.97. The highest BCUT2D eigenvalue weighted by atomic mass is 16.3. The SMILES string of the molecule is Cc1cccc(-n2c(Cc3cccc(O)c3)nc3cccnc32)c1. The maximum absolute atomic E-state index is 9.71. The normalized spacial score (nSPS) is 11.0. The number of nitrogens with zero attached hydrogens (tertiary/aromatic N) is 3. The fourth-order valence-corrected chi connectivity index (χ4v) is 2.97. The molecule has 4 nitrogen and oxygen atoms in total. The molecule has 0 amide bonds. The van der Waals surface area contributed by atoms with E-state index in [2.05, 4.69) is 34.7 Å². The molecule has 0 fully saturated rings. The number of pyridine rings is 1. The number of aromatic nitrogens is 3. The Morgan fingerprint density at radius 1 is 1.00 bits per heavy atom. The number of phenolic OH excluding ortho intramolecular Hbond substituents is 1. The topological polar surface area (TPSA) is 50.9 Å². The number of aromatic hydroxyl groups is 1. The predicted octanol–water partition coefficient (Wildman–Crippen LogP) is 4.03. The minimum absolute atomic E-state index is 0.267.